The average molecular weight is 249 g/mol. The van der Waals surface area contributed by atoms with Gasteiger partial charge in [-0.3, -0.25) is 4.68 Å². The summed E-state index contributed by atoms with van der Waals surface area (Å²) in [6.45, 7) is 7.71. The highest BCUT2D eigenvalue weighted by Crippen LogP contribution is 2.32. The molecule has 1 aromatic rings. The molecule has 1 aromatic heterocycles. The molecule has 0 aromatic carbocycles. The van der Waals surface area contributed by atoms with E-state index in [1.54, 1.807) is 0 Å². The van der Waals surface area contributed by atoms with Crippen molar-refractivity contribution in [3.63, 3.8) is 0 Å². The second-order valence-corrected chi connectivity index (χ2v) is 5.73. The topological polar surface area (TPSA) is 29.9 Å². The number of aryl methyl sites for hydroxylation is 2. The third-order valence-corrected chi connectivity index (χ3v) is 4.46. The quantitative estimate of drug-likeness (QED) is 0.840. The Labute approximate surface area is 111 Å². The van der Waals surface area contributed by atoms with E-state index in [4.69, 9.17) is 0 Å². The Morgan fingerprint density at radius 3 is 2.56 bits per heavy atom. The maximum absolute atomic E-state index is 4.54. The molecule has 1 heterocycles. The zero-order valence-electron chi connectivity index (χ0n) is 12.3. The van der Waals surface area contributed by atoms with Crippen LogP contribution in [0.25, 0.3) is 0 Å². The molecule has 1 aliphatic rings. The third-order valence-electron chi connectivity index (χ3n) is 4.46. The predicted molar refractivity (Wildman–Crippen MR) is 75.8 cm³/mol. The Hall–Kier alpha value is -0.830. The van der Waals surface area contributed by atoms with Gasteiger partial charge in [-0.1, -0.05) is 13.3 Å². The van der Waals surface area contributed by atoms with Crippen molar-refractivity contribution in [3.05, 3.63) is 17.0 Å². The van der Waals surface area contributed by atoms with E-state index < -0.39 is 0 Å². The highest BCUT2D eigenvalue weighted by molar-refractivity contribution is 5.25. The molecule has 0 spiro atoms. The zero-order valence-corrected chi connectivity index (χ0v) is 12.3. The summed E-state index contributed by atoms with van der Waals surface area (Å²) < 4.78 is 2.02. The Morgan fingerprint density at radius 1 is 1.39 bits per heavy atom. The van der Waals surface area contributed by atoms with Crippen LogP contribution < -0.4 is 5.32 Å². The van der Waals surface area contributed by atoms with E-state index in [0.29, 0.717) is 6.04 Å². The third kappa shape index (κ3) is 2.77. The lowest BCUT2D eigenvalue weighted by Gasteiger charge is -2.34. The molecule has 0 bridgehead atoms. The van der Waals surface area contributed by atoms with Gasteiger partial charge in [0.2, 0.25) is 0 Å². The van der Waals surface area contributed by atoms with Crippen LogP contribution in [0, 0.1) is 19.8 Å². The Balaban J connectivity index is 2.07. The molecule has 102 valence electrons. The summed E-state index contributed by atoms with van der Waals surface area (Å²) >= 11 is 0. The Morgan fingerprint density at radius 2 is 2.11 bits per heavy atom. The lowest BCUT2D eigenvalue weighted by atomic mass is 9.77. The first-order valence-electron chi connectivity index (χ1n) is 7.36. The van der Waals surface area contributed by atoms with Crippen molar-refractivity contribution in [2.75, 3.05) is 6.54 Å². The van der Waals surface area contributed by atoms with Gasteiger partial charge in [0.25, 0.3) is 0 Å². The van der Waals surface area contributed by atoms with Gasteiger partial charge in [0, 0.05) is 18.8 Å². The number of aromatic nitrogens is 2. The number of hydrogen-bond donors (Lipinski definition) is 1. The molecule has 18 heavy (non-hydrogen) atoms. The van der Waals surface area contributed by atoms with E-state index in [1.807, 2.05) is 11.7 Å². The van der Waals surface area contributed by atoms with Crippen molar-refractivity contribution in [1.29, 1.82) is 0 Å². The summed E-state index contributed by atoms with van der Waals surface area (Å²) in [5.41, 5.74) is 3.99. The number of nitrogens with one attached hydrogen (secondary N) is 1. The Bertz CT molecular complexity index is 391. The SMILES string of the molecule is CCCNC(Cc1c(C)nn(C)c1C)C1CCC1. The molecule has 1 saturated carbocycles. The van der Waals surface area contributed by atoms with Crippen LogP contribution in [0.1, 0.15) is 49.6 Å². The van der Waals surface area contributed by atoms with Crippen LogP contribution in [0.15, 0.2) is 0 Å². The van der Waals surface area contributed by atoms with Crippen LogP contribution in [0.2, 0.25) is 0 Å². The maximum Gasteiger partial charge on any atom is 0.0628 e. The van der Waals surface area contributed by atoms with Crippen LogP contribution in [0.5, 0.6) is 0 Å². The summed E-state index contributed by atoms with van der Waals surface area (Å²) in [5, 5.41) is 8.28. The summed E-state index contributed by atoms with van der Waals surface area (Å²) in [4.78, 5) is 0. The van der Waals surface area contributed by atoms with Gasteiger partial charge in [-0.05, 0) is 57.6 Å². The van der Waals surface area contributed by atoms with Gasteiger partial charge in [0.1, 0.15) is 0 Å². The molecular formula is C15H27N3. The van der Waals surface area contributed by atoms with Gasteiger partial charge in [-0.25, -0.2) is 0 Å². The van der Waals surface area contributed by atoms with Gasteiger partial charge < -0.3 is 5.32 Å². The summed E-state index contributed by atoms with van der Waals surface area (Å²) in [7, 11) is 2.05. The standard InChI is InChI=1S/C15H27N3/c1-5-9-16-15(13-7-6-8-13)10-14-11(2)17-18(4)12(14)3/h13,15-16H,5-10H2,1-4H3. The molecule has 1 aliphatic carbocycles. The van der Waals surface area contributed by atoms with Crippen molar-refractivity contribution in [2.45, 2.75) is 58.9 Å². The first-order valence-corrected chi connectivity index (χ1v) is 7.36. The van der Waals surface area contributed by atoms with Crippen molar-refractivity contribution in [3.8, 4) is 0 Å². The zero-order chi connectivity index (χ0) is 13.1. The van der Waals surface area contributed by atoms with Crippen molar-refractivity contribution in [1.82, 2.24) is 15.1 Å². The monoisotopic (exact) mass is 249 g/mol. The fourth-order valence-corrected chi connectivity index (χ4v) is 2.91. The molecule has 0 aliphatic heterocycles. The first kappa shape index (κ1) is 13.6. The molecule has 1 atom stereocenters. The van der Waals surface area contributed by atoms with Crippen molar-refractivity contribution < 1.29 is 0 Å². The molecule has 3 nitrogen and oxygen atoms in total. The molecule has 3 heteroatoms. The Kier molecular flexibility index (Phi) is 4.44. The van der Waals surface area contributed by atoms with E-state index in [1.165, 1.54) is 42.6 Å². The first-order chi connectivity index (χ1) is 8.63. The lowest BCUT2D eigenvalue weighted by molar-refractivity contribution is 0.227. The second-order valence-electron chi connectivity index (χ2n) is 5.73. The lowest BCUT2D eigenvalue weighted by Crippen LogP contribution is -2.41. The minimum Gasteiger partial charge on any atom is -0.313 e. The average Bonchev–Trinajstić information content (AvgIpc) is 2.50. The van der Waals surface area contributed by atoms with Crippen molar-refractivity contribution >= 4 is 0 Å². The molecule has 2 rings (SSSR count). The number of hydrogen-bond acceptors (Lipinski definition) is 2. The molecule has 1 unspecified atom stereocenters. The minimum absolute atomic E-state index is 0.653. The fraction of sp³-hybridized carbons (Fsp3) is 0.800. The van der Waals surface area contributed by atoms with Gasteiger partial charge in [0.05, 0.1) is 5.69 Å². The van der Waals surface area contributed by atoms with E-state index in [2.05, 4.69) is 31.2 Å². The van der Waals surface area contributed by atoms with E-state index in [9.17, 15) is 0 Å². The highest BCUT2D eigenvalue weighted by Gasteiger charge is 2.28. The van der Waals surface area contributed by atoms with E-state index >= 15 is 0 Å². The fourth-order valence-electron chi connectivity index (χ4n) is 2.91. The van der Waals surface area contributed by atoms with E-state index in [-0.39, 0.29) is 0 Å². The second kappa shape index (κ2) is 5.87. The van der Waals surface area contributed by atoms with Crippen LogP contribution in [0.4, 0.5) is 0 Å². The van der Waals surface area contributed by atoms with Crippen molar-refractivity contribution in [2.24, 2.45) is 13.0 Å². The normalized spacial score (nSPS) is 17.8. The molecule has 1 fully saturated rings. The number of nitrogens with zero attached hydrogens (tertiary/aromatic N) is 2. The molecule has 1 N–H and O–H groups in total. The highest BCUT2D eigenvalue weighted by atomic mass is 15.3. The largest absolute Gasteiger partial charge is 0.313 e. The van der Waals surface area contributed by atoms with E-state index in [0.717, 1.165) is 18.9 Å². The van der Waals surface area contributed by atoms with Crippen LogP contribution in [-0.2, 0) is 13.5 Å². The molecule has 0 saturated heterocycles. The summed E-state index contributed by atoms with van der Waals surface area (Å²) in [6.07, 6.45) is 6.59. The predicted octanol–water partition coefficient (Wildman–Crippen LogP) is 2.75. The van der Waals surface area contributed by atoms with Gasteiger partial charge in [0.15, 0.2) is 0 Å². The smallest absolute Gasteiger partial charge is 0.0628 e. The van der Waals surface area contributed by atoms with Crippen LogP contribution in [-0.4, -0.2) is 22.4 Å². The van der Waals surface area contributed by atoms with Gasteiger partial charge in [-0.15, -0.1) is 0 Å². The number of rotatable bonds is 6. The van der Waals surface area contributed by atoms with Crippen LogP contribution in [0.3, 0.4) is 0 Å². The van der Waals surface area contributed by atoms with Crippen LogP contribution >= 0.6 is 0 Å². The van der Waals surface area contributed by atoms with Gasteiger partial charge >= 0.3 is 0 Å². The summed E-state index contributed by atoms with van der Waals surface area (Å²) in [6, 6.07) is 0.653. The molecule has 0 radical (unpaired) electrons. The summed E-state index contributed by atoms with van der Waals surface area (Å²) in [5.74, 6) is 0.885. The molecular weight excluding hydrogens is 222 g/mol. The molecule has 0 amide bonds. The van der Waals surface area contributed by atoms with Gasteiger partial charge in [-0.2, -0.15) is 5.10 Å². The maximum atomic E-state index is 4.54. The minimum atomic E-state index is 0.653.